The minimum atomic E-state index is -0.833. The van der Waals surface area contributed by atoms with E-state index in [1.165, 1.54) is 0 Å². The molecule has 6 heteroatoms. The van der Waals surface area contributed by atoms with Crippen LogP contribution in [-0.2, 0) is 9.59 Å². The molecule has 0 aromatic rings. The van der Waals surface area contributed by atoms with Gasteiger partial charge in [0, 0.05) is 13.8 Å². The molecule has 0 saturated carbocycles. The zero-order valence-corrected chi connectivity index (χ0v) is 6.11. The summed E-state index contributed by atoms with van der Waals surface area (Å²) in [6.45, 7) is 2.17. The number of nitrogens with zero attached hydrogens (tertiary/aromatic N) is 1. The molecule has 0 spiro atoms. The molecule has 0 aliphatic rings. The van der Waals surface area contributed by atoms with Gasteiger partial charge in [-0.25, -0.2) is 0 Å². The number of hydrogen-bond acceptors (Lipinski definition) is 4. The van der Waals surface area contributed by atoms with Crippen molar-refractivity contribution < 1.29 is 24.9 Å². The van der Waals surface area contributed by atoms with Gasteiger partial charge in [0.25, 0.3) is 18.2 Å². The van der Waals surface area contributed by atoms with E-state index in [1.807, 2.05) is 0 Å². The van der Waals surface area contributed by atoms with Crippen LogP contribution in [0.25, 0.3) is 0 Å². The lowest BCUT2D eigenvalue weighted by atomic mass is 10.9. The third-order valence-corrected chi connectivity index (χ3v) is 0. The first-order valence-corrected chi connectivity index (χ1v) is 2.30. The summed E-state index contributed by atoms with van der Waals surface area (Å²) < 4.78 is 0. The molecule has 0 aliphatic carbocycles. The van der Waals surface area contributed by atoms with Gasteiger partial charge in [0.2, 0.25) is 0 Å². The summed E-state index contributed by atoms with van der Waals surface area (Å²) >= 11 is 0. The van der Waals surface area contributed by atoms with Crippen LogP contribution < -0.4 is 0 Å². The lowest BCUT2D eigenvalue weighted by molar-refractivity contribution is -0.135. The number of aliphatic hydroxyl groups is 1. The fourth-order valence-electron chi connectivity index (χ4n) is 0. The maximum atomic E-state index is 9.00. The van der Waals surface area contributed by atoms with Crippen molar-refractivity contribution in [2.75, 3.05) is 0 Å². The Morgan fingerprint density at radius 1 is 1.18 bits per heavy atom. The van der Waals surface area contributed by atoms with Crippen molar-refractivity contribution in [3.63, 3.8) is 0 Å². The van der Waals surface area contributed by atoms with Gasteiger partial charge in [-0.3, -0.25) is 9.59 Å². The van der Waals surface area contributed by atoms with E-state index in [1.54, 1.807) is 0 Å². The first-order valence-electron chi connectivity index (χ1n) is 2.30. The largest absolute Gasteiger partial charge is 0.481 e. The number of hydrogen-bond donors (Lipinski definition) is 3. The molecule has 0 radical (unpaired) electrons. The zero-order valence-electron chi connectivity index (χ0n) is 6.11. The van der Waals surface area contributed by atoms with Crippen molar-refractivity contribution >= 4 is 11.9 Å². The fraction of sp³-hybridized carbons (Fsp3) is 0.400. The summed E-state index contributed by atoms with van der Waals surface area (Å²) in [4.78, 5) is 18.0. The van der Waals surface area contributed by atoms with Crippen LogP contribution in [0.3, 0.4) is 0 Å². The Balaban J connectivity index is -0.0000000886. The molecule has 0 amide bonds. The van der Waals surface area contributed by atoms with E-state index in [4.69, 9.17) is 30.2 Å². The lowest BCUT2D eigenvalue weighted by Gasteiger charge is -1.59. The third-order valence-electron chi connectivity index (χ3n) is 0. The Bertz CT molecular complexity index is 127. The molecule has 6 nitrogen and oxygen atoms in total. The molecule has 0 atom stereocenters. The average molecular weight is 163 g/mol. The number of carboxylic acid groups (broad SMARTS) is 2. The van der Waals surface area contributed by atoms with E-state index in [2.05, 4.69) is 0 Å². The van der Waals surface area contributed by atoms with Gasteiger partial charge in [-0.1, -0.05) is 0 Å². The standard InChI is InChI=1S/2C2H4O2.CHNO/c2*1-2(3)4;2-1-3/h2*1H3,(H,3,4);3H. The van der Waals surface area contributed by atoms with Crippen molar-refractivity contribution in [1.82, 2.24) is 0 Å². The van der Waals surface area contributed by atoms with Crippen LogP contribution in [-0.4, -0.2) is 27.3 Å². The Labute approximate surface area is 63.3 Å². The average Bonchev–Trinajstić information content (AvgIpc) is 1.60. The van der Waals surface area contributed by atoms with Crippen molar-refractivity contribution in [1.29, 1.82) is 5.26 Å². The minimum absolute atomic E-state index is 0.750. The number of nitriles is 1. The number of aliphatic carboxylic acids is 2. The summed E-state index contributed by atoms with van der Waals surface area (Å²) in [5, 5.41) is 28.6. The van der Waals surface area contributed by atoms with Gasteiger partial charge in [0.15, 0.2) is 0 Å². The van der Waals surface area contributed by atoms with Gasteiger partial charge in [-0.05, 0) is 0 Å². The molecule has 0 bridgehead atoms. The Morgan fingerprint density at radius 2 is 1.18 bits per heavy atom. The van der Waals surface area contributed by atoms with Crippen LogP contribution in [0.1, 0.15) is 13.8 Å². The van der Waals surface area contributed by atoms with Crippen LogP contribution in [0.2, 0.25) is 0 Å². The Hall–Kier alpha value is -1.77. The second kappa shape index (κ2) is 15.7. The van der Waals surface area contributed by atoms with Crippen molar-refractivity contribution in [2.24, 2.45) is 0 Å². The van der Waals surface area contributed by atoms with Gasteiger partial charge in [0.1, 0.15) is 0 Å². The highest BCUT2D eigenvalue weighted by Crippen LogP contribution is 1.42. The number of carboxylic acids is 2. The van der Waals surface area contributed by atoms with E-state index in [-0.39, 0.29) is 0 Å². The SMILES string of the molecule is CC(=O)O.CC(=O)O.N#CO. The molecule has 0 unspecified atom stereocenters. The molecule has 0 aromatic heterocycles. The van der Waals surface area contributed by atoms with Gasteiger partial charge in [-0.15, -0.1) is 0 Å². The van der Waals surface area contributed by atoms with Crippen molar-refractivity contribution in [3.8, 4) is 6.26 Å². The topological polar surface area (TPSA) is 119 Å². The second-order valence-electron chi connectivity index (χ2n) is 1.14. The van der Waals surface area contributed by atoms with E-state index in [0.29, 0.717) is 0 Å². The Morgan fingerprint density at radius 3 is 1.18 bits per heavy atom. The maximum Gasteiger partial charge on any atom is 0.300 e. The highest BCUT2D eigenvalue weighted by atomic mass is 16.4. The van der Waals surface area contributed by atoms with Crippen LogP contribution >= 0.6 is 0 Å². The van der Waals surface area contributed by atoms with Crippen LogP contribution in [0.4, 0.5) is 0 Å². The first kappa shape index (κ1) is 16.1. The van der Waals surface area contributed by atoms with Gasteiger partial charge < -0.3 is 15.3 Å². The van der Waals surface area contributed by atoms with Crippen LogP contribution in [0.15, 0.2) is 0 Å². The fourth-order valence-corrected chi connectivity index (χ4v) is 0. The molecular formula is C5H9NO5. The maximum absolute atomic E-state index is 9.00. The molecule has 0 aliphatic heterocycles. The summed E-state index contributed by atoms with van der Waals surface area (Å²) in [6.07, 6.45) is 0.750. The van der Waals surface area contributed by atoms with Crippen LogP contribution in [0, 0.1) is 11.5 Å². The molecule has 64 valence electrons. The summed E-state index contributed by atoms with van der Waals surface area (Å²) in [5.74, 6) is -1.67. The second-order valence-corrected chi connectivity index (χ2v) is 1.14. The summed E-state index contributed by atoms with van der Waals surface area (Å²) in [7, 11) is 0. The molecule has 0 saturated heterocycles. The van der Waals surface area contributed by atoms with Gasteiger partial charge in [0.05, 0.1) is 0 Å². The predicted octanol–water partition coefficient (Wildman–Crippen LogP) is 0.0218. The molecule has 0 fully saturated rings. The quantitative estimate of drug-likeness (QED) is 0.433. The minimum Gasteiger partial charge on any atom is -0.481 e. The third kappa shape index (κ3) is 102. The monoisotopic (exact) mass is 163 g/mol. The molecular weight excluding hydrogens is 154 g/mol. The van der Waals surface area contributed by atoms with Crippen LogP contribution in [0.5, 0.6) is 0 Å². The Kier molecular flexibility index (Phi) is 23.0. The smallest absolute Gasteiger partial charge is 0.300 e. The lowest BCUT2D eigenvalue weighted by Crippen LogP contribution is -1.78. The summed E-state index contributed by atoms with van der Waals surface area (Å²) in [5.41, 5.74) is 0. The highest BCUT2D eigenvalue weighted by Gasteiger charge is 1.65. The van der Waals surface area contributed by atoms with E-state index in [0.717, 1.165) is 20.1 Å². The summed E-state index contributed by atoms with van der Waals surface area (Å²) in [6, 6.07) is 0. The number of carbonyl (C=O) groups is 2. The zero-order chi connectivity index (χ0) is 9.86. The molecule has 0 heterocycles. The van der Waals surface area contributed by atoms with Gasteiger partial charge in [-0.2, -0.15) is 5.26 Å². The molecule has 0 aromatic carbocycles. The molecule has 3 N–H and O–H groups in total. The predicted molar refractivity (Wildman–Crippen MR) is 34.2 cm³/mol. The van der Waals surface area contributed by atoms with E-state index in [9.17, 15) is 0 Å². The number of rotatable bonds is 0. The molecule has 11 heavy (non-hydrogen) atoms. The first-order chi connectivity index (χ1) is 4.88. The normalized spacial score (nSPS) is 5.18. The highest BCUT2D eigenvalue weighted by molar-refractivity contribution is 5.63. The van der Waals surface area contributed by atoms with Gasteiger partial charge >= 0.3 is 0 Å². The van der Waals surface area contributed by atoms with Crippen molar-refractivity contribution in [3.05, 3.63) is 0 Å². The molecule has 0 rings (SSSR count). The van der Waals surface area contributed by atoms with E-state index >= 15 is 0 Å². The van der Waals surface area contributed by atoms with E-state index < -0.39 is 11.9 Å². The van der Waals surface area contributed by atoms with Crippen molar-refractivity contribution in [2.45, 2.75) is 13.8 Å². The number of aliphatic hydroxyl groups excluding tert-OH is 1.